The van der Waals surface area contributed by atoms with E-state index in [1.165, 1.54) is 0 Å². The van der Waals surface area contributed by atoms with Gasteiger partial charge in [0.15, 0.2) is 0 Å². The van der Waals surface area contributed by atoms with Crippen LogP contribution < -0.4 is 15.1 Å². The number of rotatable bonds is 4. The molecule has 1 saturated heterocycles. The molecular weight excluding hydrogens is 290 g/mol. The lowest BCUT2D eigenvalue weighted by Gasteiger charge is -2.35. The molecule has 0 aliphatic carbocycles. The summed E-state index contributed by atoms with van der Waals surface area (Å²) in [7, 11) is 0. The van der Waals surface area contributed by atoms with Gasteiger partial charge in [0.2, 0.25) is 11.9 Å². The zero-order valence-electron chi connectivity index (χ0n) is 13.9. The number of piperazine rings is 1. The molecule has 3 heterocycles. The minimum absolute atomic E-state index is 0.316. The van der Waals surface area contributed by atoms with Crippen molar-refractivity contribution in [3.8, 4) is 0 Å². The van der Waals surface area contributed by atoms with Crippen LogP contribution in [0, 0.1) is 6.92 Å². The Morgan fingerprint density at radius 1 is 1.00 bits per heavy atom. The van der Waals surface area contributed by atoms with Gasteiger partial charge in [-0.25, -0.2) is 15.0 Å². The highest BCUT2D eigenvalue weighted by atomic mass is 15.3. The zero-order chi connectivity index (χ0) is 16.2. The van der Waals surface area contributed by atoms with Crippen LogP contribution in [0.25, 0.3) is 0 Å². The average molecular weight is 313 g/mol. The van der Waals surface area contributed by atoms with Crippen molar-refractivity contribution in [2.75, 3.05) is 41.3 Å². The van der Waals surface area contributed by atoms with Gasteiger partial charge in [-0.1, -0.05) is 0 Å². The minimum atomic E-state index is 0.316. The molecule has 0 bridgehead atoms. The van der Waals surface area contributed by atoms with Crippen LogP contribution in [0.1, 0.15) is 19.5 Å². The summed E-state index contributed by atoms with van der Waals surface area (Å²) >= 11 is 0. The van der Waals surface area contributed by atoms with Gasteiger partial charge in [0.25, 0.3) is 0 Å². The first-order valence-corrected chi connectivity index (χ1v) is 8.01. The number of anilines is 3. The first-order valence-electron chi connectivity index (χ1n) is 8.01. The van der Waals surface area contributed by atoms with Crippen molar-refractivity contribution in [3.63, 3.8) is 0 Å². The number of aryl methyl sites for hydroxylation is 1. The Bertz CT molecular complexity index is 636. The molecular formula is C16H23N7. The molecule has 1 N–H and O–H groups in total. The standard InChI is InChI=1S/C16H23N7/c1-12(2)19-15-20-13(3)11-14(21-15)22-7-9-23(10-8-22)16-17-5-4-6-18-16/h4-6,11-12H,7-10H2,1-3H3,(H,19,20,21). The molecule has 0 amide bonds. The predicted molar refractivity (Wildman–Crippen MR) is 92.0 cm³/mol. The Morgan fingerprint density at radius 2 is 1.65 bits per heavy atom. The van der Waals surface area contributed by atoms with Crippen LogP contribution in [0.15, 0.2) is 24.5 Å². The van der Waals surface area contributed by atoms with Crippen molar-refractivity contribution in [2.24, 2.45) is 0 Å². The van der Waals surface area contributed by atoms with E-state index in [1.807, 2.05) is 19.1 Å². The smallest absolute Gasteiger partial charge is 0.225 e. The van der Waals surface area contributed by atoms with Gasteiger partial charge in [0.05, 0.1) is 0 Å². The Balaban J connectivity index is 1.69. The SMILES string of the molecule is Cc1cc(N2CCN(c3ncccn3)CC2)nc(NC(C)C)n1. The second-order valence-corrected chi connectivity index (χ2v) is 6.01. The molecule has 1 aliphatic rings. The number of nitrogens with one attached hydrogen (secondary N) is 1. The largest absolute Gasteiger partial charge is 0.353 e. The molecule has 2 aromatic rings. The van der Waals surface area contributed by atoms with Crippen LogP contribution in [-0.2, 0) is 0 Å². The van der Waals surface area contributed by atoms with Crippen LogP contribution in [-0.4, -0.2) is 52.2 Å². The maximum atomic E-state index is 4.65. The van der Waals surface area contributed by atoms with Gasteiger partial charge in [0, 0.05) is 56.4 Å². The third-order valence-corrected chi connectivity index (χ3v) is 3.70. The second kappa shape index (κ2) is 6.76. The van der Waals surface area contributed by atoms with Gasteiger partial charge >= 0.3 is 0 Å². The lowest BCUT2D eigenvalue weighted by Crippen LogP contribution is -2.47. The number of aromatic nitrogens is 4. The fourth-order valence-electron chi connectivity index (χ4n) is 2.63. The fourth-order valence-corrected chi connectivity index (χ4v) is 2.63. The average Bonchev–Trinajstić information content (AvgIpc) is 2.55. The molecule has 1 aliphatic heterocycles. The summed E-state index contributed by atoms with van der Waals surface area (Å²) in [5.74, 6) is 2.48. The third-order valence-electron chi connectivity index (χ3n) is 3.70. The van der Waals surface area contributed by atoms with Crippen molar-refractivity contribution >= 4 is 17.7 Å². The number of hydrogen-bond acceptors (Lipinski definition) is 7. The molecule has 1 fully saturated rings. The first-order chi connectivity index (χ1) is 11.1. The Morgan fingerprint density at radius 3 is 2.30 bits per heavy atom. The summed E-state index contributed by atoms with van der Waals surface area (Å²) in [5, 5.41) is 3.28. The molecule has 0 spiro atoms. The highest BCUT2D eigenvalue weighted by Crippen LogP contribution is 2.18. The van der Waals surface area contributed by atoms with Crippen molar-refractivity contribution in [3.05, 3.63) is 30.2 Å². The van der Waals surface area contributed by atoms with E-state index in [4.69, 9.17) is 0 Å². The quantitative estimate of drug-likeness (QED) is 0.921. The molecule has 122 valence electrons. The first kappa shape index (κ1) is 15.5. The topological polar surface area (TPSA) is 70.1 Å². The summed E-state index contributed by atoms with van der Waals surface area (Å²) in [6.45, 7) is 9.75. The molecule has 0 saturated carbocycles. The van der Waals surface area contributed by atoms with E-state index < -0.39 is 0 Å². The van der Waals surface area contributed by atoms with E-state index in [0.717, 1.165) is 43.6 Å². The van der Waals surface area contributed by atoms with E-state index in [2.05, 4.69) is 48.9 Å². The van der Waals surface area contributed by atoms with Crippen molar-refractivity contribution in [2.45, 2.75) is 26.8 Å². The van der Waals surface area contributed by atoms with Gasteiger partial charge in [-0.2, -0.15) is 4.98 Å². The van der Waals surface area contributed by atoms with Crippen LogP contribution >= 0.6 is 0 Å². The van der Waals surface area contributed by atoms with Crippen LogP contribution in [0.2, 0.25) is 0 Å². The molecule has 0 atom stereocenters. The predicted octanol–water partition coefficient (Wildman–Crippen LogP) is 1.72. The van der Waals surface area contributed by atoms with Gasteiger partial charge < -0.3 is 15.1 Å². The molecule has 0 unspecified atom stereocenters. The highest BCUT2D eigenvalue weighted by Gasteiger charge is 2.20. The summed E-state index contributed by atoms with van der Waals surface area (Å²) < 4.78 is 0. The Hall–Kier alpha value is -2.44. The molecule has 0 aromatic carbocycles. The Kier molecular flexibility index (Phi) is 4.55. The number of nitrogens with zero attached hydrogens (tertiary/aromatic N) is 6. The molecule has 7 nitrogen and oxygen atoms in total. The maximum absolute atomic E-state index is 4.65. The van der Waals surface area contributed by atoms with Crippen LogP contribution in [0.3, 0.4) is 0 Å². The van der Waals surface area contributed by atoms with Crippen molar-refractivity contribution < 1.29 is 0 Å². The lowest BCUT2D eigenvalue weighted by atomic mass is 10.3. The van der Waals surface area contributed by atoms with E-state index in [-0.39, 0.29) is 0 Å². The Labute approximate surface area is 136 Å². The second-order valence-electron chi connectivity index (χ2n) is 6.01. The monoisotopic (exact) mass is 313 g/mol. The fraction of sp³-hybridized carbons (Fsp3) is 0.500. The van der Waals surface area contributed by atoms with Gasteiger partial charge in [0.1, 0.15) is 5.82 Å². The van der Waals surface area contributed by atoms with E-state index in [0.29, 0.717) is 12.0 Å². The number of hydrogen-bond donors (Lipinski definition) is 1. The van der Waals surface area contributed by atoms with Crippen molar-refractivity contribution in [1.29, 1.82) is 0 Å². The molecule has 0 radical (unpaired) electrons. The van der Waals surface area contributed by atoms with Gasteiger partial charge in [-0.3, -0.25) is 0 Å². The normalized spacial score (nSPS) is 15.1. The molecule has 23 heavy (non-hydrogen) atoms. The minimum Gasteiger partial charge on any atom is -0.353 e. The van der Waals surface area contributed by atoms with Crippen LogP contribution in [0.4, 0.5) is 17.7 Å². The van der Waals surface area contributed by atoms with Gasteiger partial charge in [-0.15, -0.1) is 0 Å². The lowest BCUT2D eigenvalue weighted by molar-refractivity contribution is 0.633. The third kappa shape index (κ3) is 3.85. The van der Waals surface area contributed by atoms with Gasteiger partial charge in [-0.05, 0) is 26.8 Å². The zero-order valence-corrected chi connectivity index (χ0v) is 13.9. The maximum Gasteiger partial charge on any atom is 0.225 e. The molecule has 2 aromatic heterocycles. The molecule has 3 rings (SSSR count). The summed E-state index contributed by atoms with van der Waals surface area (Å²) in [4.78, 5) is 22.2. The summed E-state index contributed by atoms with van der Waals surface area (Å²) in [5.41, 5.74) is 0.979. The van der Waals surface area contributed by atoms with Crippen LogP contribution in [0.5, 0.6) is 0 Å². The van der Waals surface area contributed by atoms with E-state index in [9.17, 15) is 0 Å². The highest BCUT2D eigenvalue weighted by molar-refractivity contribution is 5.47. The van der Waals surface area contributed by atoms with Crippen molar-refractivity contribution in [1.82, 2.24) is 19.9 Å². The summed E-state index contributed by atoms with van der Waals surface area (Å²) in [6, 6.07) is 4.20. The summed E-state index contributed by atoms with van der Waals surface area (Å²) in [6.07, 6.45) is 3.57. The molecule has 7 heteroatoms. The van der Waals surface area contributed by atoms with E-state index >= 15 is 0 Å². The van der Waals surface area contributed by atoms with E-state index in [1.54, 1.807) is 12.4 Å².